The van der Waals surface area contributed by atoms with Crippen molar-refractivity contribution in [2.24, 2.45) is 0 Å². The number of nitrogens with zero attached hydrogens (tertiary/aromatic N) is 2. The standard InChI is InChI=1S/C19H17ClFN3O2/c1-19(26,11-24-7-6-12-8-14(21)3-5-17(12)24)18(25)23-15-4-2-13(10-22)16(20)9-15/h2-5,8-9,26H,6-7,11H2,1H3,(H,23,25)/t19-/m0/s1. The van der Waals surface area contributed by atoms with Gasteiger partial charge in [-0.3, -0.25) is 4.79 Å². The van der Waals surface area contributed by atoms with Gasteiger partial charge in [0.1, 0.15) is 11.9 Å². The Bertz CT molecular complexity index is 908. The first-order valence-electron chi connectivity index (χ1n) is 8.07. The lowest BCUT2D eigenvalue weighted by Crippen LogP contribution is -2.49. The quantitative estimate of drug-likeness (QED) is 0.863. The zero-order valence-corrected chi connectivity index (χ0v) is 14.8. The number of nitrogens with one attached hydrogen (secondary N) is 1. The average Bonchev–Trinajstić information content (AvgIpc) is 2.96. The number of nitriles is 1. The van der Waals surface area contributed by atoms with Crippen molar-refractivity contribution >= 4 is 28.9 Å². The summed E-state index contributed by atoms with van der Waals surface area (Å²) in [6.45, 7) is 2.10. The number of halogens is 2. The highest BCUT2D eigenvalue weighted by atomic mass is 35.5. The van der Waals surface area contributed by atoms with Crippen molar-refractivity contribution in [1.29, 1.82) is 5.26 Å². The van der Waals surface area contributed by atoms with Gasteiger partial charge in [0.05, 0.1) is 17.1 Å². The SMILES string of the molecule is C[C@](O)(CN1CCc2cc(F)ccc21)C(=O)Nc1ccc(C#N)c(Cl)c1. The second-order valence-corrected chi connectivity index (χ2v) is 6.89. The molecule has 0 bridgehead atoms. The van der Waals surface area contributed by atoms with Gasteiger partial charge >= 0.3 is 0 Å². The molecule has 1 aliphatic rings. The number of β-amino-alcohol motifs (C(OH)–C–C–N with tert-alkyl or cyclic N) is 1. The molecule has 0 radical (unpaired) electrons. The molecular formula is C19H17ClFN3O2. The Hall–Kier alpha value is -2.62. The molecule has 0 saturated heterocycles. The number of anilines is 2. The predicted molar refractivity (Wildman–Crippen MR) is 97.7 cm³/mol. The second-order valence-electron chi connectivity index (χ2n) is 6.48. The minimum absolute atomic E-state index is 0.0709. The number of hydrogen-bond donors (Lipinski definition) is 2. The van der Waals surface area contributed by atoms with Crippen LogP contribution in [0.4, 0.5) is 15.8 Å². The number of benzene rings is 2. The molecule has 0 aromatic heterocycles. The molecular weight excluding hydrogens is 357 g/mol. The van der Waals surface area contributed by atoms with Crippen molar-refractivity contribution in [2.45, 2.75) is 18.9 Å². The molecule has 0 aliphatic carbocycles. The Morgan fingerprint density at radius 3 is 2.88 bits per heavy atom. The molecule has 7 heteroatoms. The van der Waals surface area contributed by atoms with E-state index < -0.39 is 11.5 Å². The van der Waals surface area contributed by atoms with Crippen molar-refractivity contribution in [1.82, 2.24) is 0 Å². The third-order valence-corrected chi connectivity index (χ3v) is 4.68. The van der Waals surface area contributed by atoms with E-state index in [4.69, 9.17) is 16.9 Å². The monoisotopic (exact) mass is 373 g/mol. The third-order valence-electron chi connectivity index (χ3n) is 4.37. The molecule has 0 spiro atoms. The van der Waals surface area contributed by atoms with E-state index >= 15 is 0 Å². The smallest absolute Gasteiger partial charge is 0.257 e. The second kappa shape index (κ2) is 6.94. The van der Waals surface area contributed by atoms with Gasteiger partial charge in [-0.05, 0) is 55.3 Å². The largest absolute Gasteiger partial charge is 0.378 e. The summed E-state index contributed by atoms with van der Waals surface area (Å²) in [5, 5.41) is 22.4. The fourth-order valence-corrected chi connectivity index (χ4v) is 3.22. The molecule has 0 unspecified atom stereocenters. The summed E-state index contributed by atoms with van der Waals surface area (Å²) in [6, 6.07) is 10.9. The highest BCUT2D eigenvalue weighted by Gasteiger charge is 2.35. The highest BCUT2D eigenvalue weighted by Crippen LogP contribution is 2.30. The Kier molecular flexibility index (Phi) is 4.86. The van der Waals surface area contributed by atoms with E-state index in [-0.39, 0.29) is 17.4 Å². The maximum Gasteiger partial charge on any atom is 0.257 e. The van der Waals surface area contributed by atoms with Crippen LogP contribution in [0.15, 0.2) is 36.4 Å². The molecule has 2 N–H and O–H groups in total. The van der Waals surface area contributed by atoms with Crippen LogP contribution < -0.4 is 10.2 Å². The first kappa shape index (κ1) is 18.2. The molecule has 134 valence electrons. The molecule has 1 amide bonds. The van der Waals surface area contributed by atoms with Crippen LogP contribution in [-0.2, 0) is 11.2 Å². The van der Waals surface area contributed by atoms with E-state index in [1.54, 1.807) is 12.1 Å². The maximum atomic E-state index is 13.3. The van der Waals surface area contributed by atoms with Gasteiger partial charge in [0.25, 0.3) is 5.91 Å². The Labute approximate surface area is 155 Å². The van der Waals surface area contributed by atoms with Crippen molar-refractivity contribution in [3.05, 3.63) is 58.4 Å². The van der Waals surface area contributed by atoms with Crippen molar-refractivity contribution < 1.29 is 14.3 Å². The minimum atomic E-state index is -1.67. The van der Waals surface area contributed by atoms with Crippen molar-refractivity contribution in [2.75, 3.05) is 23.3 Å². The first-order chi connectivity index (χ1) is 12.3. The van der Waals surface area contributed by atoms with Crippen molar-refractivity contribution in [3.8, 4) is 6.07 Å². The summed E-state index contributed by atoms with van der Waals surface area (Å²) >= 11 is 5.96. The Morgan fingerprint density at radius 2 is 2.19 bits per heavy atom. The lowest BCUT2D eigenvalue weighted by atomic mass is 10.0. The van der Waals surface area contributed by atoms with Crippen LogP contribution in [0.2, 0.25) is 5.02 Å². The van der Waals surface area contributed by atoms with Crippen LogP contribution in [-0.4, -0.2) is 29.7 Å². The summed E-state index contributed by atoms with van der Waals surface area (Å²) in [5.41, 5.74) is 0.706. The minimum Gasteiger partial charge on any atom is -0.378 e. The van der Waals surface area contributed by atoms with Crippen LogP contribution in [0, 0.1) is 17.1 Å². The average molecular weight is 374 g/mol. The van der Waals surface area contributed by atoms with Gasteiger partial charge in [0.15, 0.2) is 5.60 Å². The van der Waals surface area contributed by atoms with E-state index in [9.17, 15) is 14.3 Å². The lowest BCUT2D eigenvalue weighted by Gasteiger charge is -2.29. The zero-order chi connectivity index (χ0) is 18.9. The highest BCUT2D eigenvalue weighted by molar-refractivity contribution is 6.32. The molecule has 1 atom stereocenters. The molecule has 2 aromatic carbocycles. The molecule has 2 aromatic rings. The van der Waals surface area contributed by atoms with Gasteiger partial charge < -0.3 is 15.3 Å². The fraction of sp³-hybridized carbons (Fsp3) is 0.263. The third kappa shape index (κ3) is 3.64. The van der Waals surface area contributed by atoms with Crippen LogP contribution >= 0.6 is 11.6 Å². The van der Waals surface area contributed by atoms with Gasteiger partial charge in [-0.25, -0.2) is 4.39 Å². The normalized spacial score (nSPS) is 15.1. The number of rotatable bonds is 4. The lowest BCUT2D eigenvalue weighted by molar-refractivity contribution is -0.131. The van der Waals surface area contributed by atoms with Gasteiger partial charge in [0, 0.05) is 17.9 Å². The van der Waals surface area contributed by atoms with E-state index in [0.29, 0.717) is 24.2 Å². The maximum absolute atomic E-state index is 13.3. The topological polar surface area (TPSA) is 76.4 Å². The van der Waals surface area contributed by atoms with E-state index in [1.807, 2.05) is 11.0 Å². The number of carbonyl (C=O) groups is 1. The van der Waals surface area contributed by atoms with E-state index in [1.165, 1.54) is 31.2 Å². The summed E-state index contributed by atoms with van der Waals surface area (Å²) in [7, 11) is 0. The number of amides is 1. The van der Waals surface area contributed by atoms with Crippen LogP contribution in [0.25, 0.3) is 0 Å². The van der Waals surface area contributed by atoms with E-state index in [2.05, 4.69) is 5.32 Å². The molecule has 1 heterocycles. The molecule has 26 heavy (non-hydrogen) atoms. The Balaban J connectivity index is 1.72. The van der Waals surface area contributed by atoms with Crippen LogP contribution in [0.3, 0.4) is 0 Å². The molecule has 5 nitrogen and oxygen atoms in total. The van der Waals surface area contributed by atoms with E-state index in [0.717, 1.165) is 11.3 Å². The van der Waals surface area contributed by atoms with Crippen LogP contribution in [0.1, 0.15) is 18.1 Å². The first-order valence-corrected chi connectivity index (χ1v) is 8.45. The van der Waals surface area contributed by atoms with Gasteiger partial charge in [-0.1, -0.05) is 11.6 Å². The molecule has 3 rings (SSSR count). The molecule has 0 saturated carbocycles. The summed E-state index contributed by atoms with van der Waals surface area (Å²) in [6.07, 6.45) is 0.663. The summed E-state index contributed by atoms with van der Waals surface area (Å²) < 4.78 is 13.3. The number of fused-ring (bicyclic) bond motifs is 1. The Morgan fingerprint density at radius 1 is 1.42 bits per heavy atom. The predicted octanol–water partition coefficient (Wildman–Crippen LogP) is 3.10. The van der Waals surface area contributed by atoms with Gasteiger partial charge in [-0.15, -0.1) is 0 Å². The van der Waals surface area contributed by atoms with Crippen LogP contribution in [0.5, 0.6) is 0 Å². The number of hydrogen-bond acceptors (Lipinski definition) is 4. The van der Waals surface area contributed by atoms with Crippen molar-refractivity contribution in [3.63, 3.8) is 0 Å². The summed E-state index contributed by atoms with van der Waals surface area (Å²) in [5.74, 6) is -0.887. The number of carbonyl (C=O) groups excluding carboxylic acids is 1. The summed E-state index contributed by atoms with van der Waals surface area (Å²) in [4.78, 5) is 14.4. The van der Waals surface area contributed by atoms with Gasteiger partial charge in [0.2, 0.25) is 0 Å². The molecule has 1 aliphatic heterocycles. The van der Waals surface area contributed by atoms with Gasteiger partial charge in [-0.2, -0.15) is 5.26 Å². The zero-order valence-electron chi connectivity index (χ0n) is 14.1. The molecule has 0 fully saturated rings. The number of aliphatic hydroxyl groups is 1. The fourth-order valence-electron chi connectivity index (χ4n) is 3.00.